The van der Waals surface area contributed by atoms with Crippen LogP contribution in [0, 0.1) is 0 Å². The number of hydrogen-bond acceptors (Lipinski definition) is 3. The number of hydrogen-bond donors (Lipinski definition) is 2. The maximum Gasteiger partial charge on any atom is 0.145 e. The zero-order chi connectivity index (χ0) is 9.31. The molecule has 4 nitrogen and oxygen atoms in total. The van der Waals surface area contributed by atoms with Crippen molar-refractivity contribution in [2.24, 2.45) is 0 Å². The number of nitrogen functional groups attached to an aromatic ring is 1. The quantitative estimate of drug-likeness (QED) is 0.681. The van der Waals surface area contributed by atoms with Crippen LogP contribution in [-0.2, 0) is 10.2 Å². The van der Waals surface area contributed by atoms with Crippen molar-refractivity contribution in [3.05, 3.63) is 11.8 Å². The Labute approximate surface area is 77.5 Å². The van der Waals surface area contributed by atoms with Gasteiger partial charge < -0.3 is 10.5 Å². The molecule has 1 aliphatic rings. The summed E-state index contributed by atoms with van der Waals surface area (Å²) in [6, 6.07) is 1.90. The van der Waals surface area contributed by atoms with Gasteiger partial charge in [0.25, 0.3) is 0 Å². The number of aromatic amines is 1. The van der Waals surface area contributed by atoms with E-state index in [0.717, 1.165) is 31.7 Å². The van der Waals surface area contributed by atoms with Gasteiger partial charge in [0.1, 0.15) is 5.82 Å². The fourth-order valence-electron chi connectivity index (χ4n) is 1.79. The molecule has 0 aliphatic carbocycles. The fraction of sp³-hybridized carbons (Fsp3) is 0.667. The van der Waals surface area contributed by atoms with Crippen LogP contribution >= 0.6 is 0 Å². The summed E-state index contributed by atoms with van der Waals surface area (Å²) in [4.78, 5) is 0. The first-order chi connectivity index (χ1) is 6.21. The SMILES string of the molecule is CC1(c2cc(N)n[nH]2)CCCOC1. The second-order valence-corrected chi connectivity index (χ2v) is 3.92. The van der Waals surface area contributed by atoms with Crippen LogP contribution in [0.5, 0.6) is 0 Å². The highest BCUT2D eigenvalue weighted by Gasteiger charge is 2.31. The van der Waals surface area contributed by atoms with Crippen molar-refractivity contribution in [3.63, 3.8) is 0 Å². The Balaban J connectivity index is 2.22. The van der Waals surface area contributed by atoms with Crippen molar-refractivity contribution in [1.29, 1.82) is 0 Å². The van der Waals surface area contributed by atoms with Crippen molar-refractivity contribution in [2.45, 2.75) is 25.2 Å². The van der Waals surface area contributed by atoms with Gasteiger partial charge in [-0.1, -0.05) is 6.92 Å². The molecule has 1 saturated heterocycles. The van der Waals surface area contributed by atoms with E-state index in [1.54, 1.807) is 0 Å². The Kier molecular flexibility index (Phi) is 2.00. The van der Waals surface area contributed by atoms with Crippen molar-refractivity contribution >= 4 is 5.82 Å². The molecule has 0 bridgehead atoms. The monoisotopic (exact) mass is 181 g/mol. The first-order valence-electron chi connectivity index (χ1n) is 4.60. The van der Waals surface area contributed by atoms with Crippen LogP contribution in [-0.4, -0.2) is 23.4 Å². The van der Waals surface area contributed by atoms with Crippen molar-refractivity contribution in [1.82, 2.24) is 10.2 Å². The van der Waals surface area contributed by atoms with Crippen LogP contribution in [0.2, 0.25) is 0 Å². The van der Waals surface area contributed by atoms with E-state index >= 15 is 0 Å². The van der Waals surface area contributed by atoms with E-state index in [0.29, 0.717) is 5.82 Å². The second kappa shape index (κ2) is 3.03. The number of nitrogens with two attached hydrogens (primary N) is 1. The fourth-order valence-corrected chi connectivity index (χ4v) is 1.79. The minimum atomic E-state index is 0.0723. The van der Waals surface area contributed by atoms with Gasteiger partial charge in [0, 0.05) is 23.8 Å². The Morgan fingerprint density at radius 1 is 1.69 bits per heavy atom. The summed E-state index contributed by atoms with van der Waals surface area (Å²) in [5.74, 6) is 0.557. The van der Waals surface area contributed by atoms with Crippen molar-refractivity contribution < 1.29 is 4.74 Å². The Hall–Kier alpha value is -1.03. The van der Waals surface area contributed by atoms with Crippen LogP contribution in [0.15, 0.2) is 6.07 Å². The normalized spacial score (nSPS) is 29.0. The maximum atomic E-state index is 5.56. The van der Waals surface area contributed by atoms with Gasteiger partial charge in [-0.25, -0.2) is 0 Å². The molecule has 0 radical (unpaired) electrons. The number of nitrogens with one attached hydrogen (secondary N) is 1. The molecular weight excluding hydrogens is 166 g/mol. The van der Waals surface area contributed by atoms with Crippen LogP contribution in [0.25, 0.3) is 0 Å². The summed E-state index contributed by atoms with van der Waals surface area (Å²) < 4.78 is 5.46. The third kappa shape index (κ3) is 1.54. The molecule has 1 fully saturated rings. The van der Waals surface area contributed by atoms with Gasteiger partial charge in [0.2, 0.25) is 0 Å². The third-order valence-electron chi connectivity index (χ3n) is 2.69. The van der Waals surface area contributed by atoms with E-state index in [1.807, 2.05) is 6.07 Å². The standard InChI is InChI=1S/C9H15N3O/c1-9(3-2-4-13-6-9)7-5-8(10)12-11-7/h5H,2-4,6H2,1H3,(H3,10,11,12). The molecule has 13 heavy (non-hydrogen) atoms. The molecule has 0 spiro atoms. The molecule has 0 aromatic carbocycles. The summed E-state index contributed by atoms with van der Waals surface area (Å²) in [6.45, 7) is 3.81. The molecule has 1 atom stereocenters. The van der Waals surface area contributed by atoms with Gasteiger partial charge in [0.05, 0.1) is 6.61 Å². The van der Waals surface area contributed by atoms with E-state index < -0.39 is 0 Å². The number of aromatic nitrogens is 2. The van der Waals surface area contributed by atoms with E-state index in [2.05, 4.69) is 17.1 Å². The predicted octanol–water partition coefficient (Wildman–Crippen LogP) is 1.06. The van der Waals surface area contributed by atoms with Crippen LogP contribution < -0.4 is 5.73 Å². The molecule has 0 amide bonds. The maximum absolute atomic E-state index is 5.56. The molecular formula is C9H15N3O. The first kappa shape index (κ1) is 8.56. The highest BCUT2D eigenvalue weighted by atomic mass is 16.5. The van der Waals surface area contributed by atoms with E-state index in [9.17, 15) is 0 Å². The van der Waals surface area contributed by atoms with E-state index in [-0.39, 0.29) is 5.41 Å². The summed E-state index contributed by atoms with van der Waals surface area (Å²) in [6.07, 6.45) is 2.24. The van der Waals surface area contributed by atoms with Gasteiger partial charge in [0.15, 0.2) is 0 Å². The summed E-state index contributed by atoms with van der Waals surface area (Å²) in [7, 11) is 0. The average Bonchev–Trinajstić information content (AvgIpc) is 2.54. The Morgan fingerprint density at radius 3 is 3.08 bits per heavy atom. The average molecular weight is 181 g/mol. The van der Waals surface area contributed by atoms with Crippen molar-refractivity contribution in [3.8, 4) is 0 Å². The lowest BCUT2D eigenvalue weighted by atomic mass is 9.82. The van der Waals surface area contributed by atoms with E-state index in [1.165, 1.54) is 0 Å². The third-order valence-corrected chi connectivity index (χ3v) is 2.69. The molecule has 4 heteroatoms. The lowest BCUT2D eigenvalue weighted by Gasteiger charge is -2.32. The van der Waals surface area contributed by atoms with E-state index in [4.69, 9.17) is 10.5 Å². The number of anilines is 1. The molecule has 1 aromatic heterocycles. The molecule has 0 saturated carbocycles. The minimum absolute atomic E-state index is 0.0723. The number of H-pyrrole nitrogens is 1. The highest BCUT2D eigenvalue weighted by Crippen LogP contribution is 2.31. The molecule has 1 aliphatic heterocycles. The van der Waals surface area contributed by atoms with Gasteiger partial charge in [-0.2, -0.15) is 5.10 Å². The number of rotatable bonds is 1. The summed E-state index contributed by atoms with van der Waals surface area (Å²) >= 11 is 0. The topological polar surface area (TPSA) is 63.9 Å². The van der Waals surface area contributed by atoms with Crippen molar-refractivity contribution in [2.75, 3.05) is 18.9 Å². The van der Waals surface area contributed by atoms with Crippen LogP contribution in [0.3, 0.4) is 0 Å². The lowest BCUT2D eigenvalue weighted by molar-refractivity contribution is 0.0402. The van der Waals surface area contributed by atoms with Gasteiger partial charge in [-0.15, -0.1) is 0 Å². The van der Waals surface area contributed by atoms with Gasteiger partial charge in [-0.3, -0.25) is 5.10 Å². The highest BCUT2D eigenvalue weighted by molar-refractivity contribution is 5.32. The predicted molar refractivity (Wildman–Crippen MR) is 50.4 cm³/mol. The lowest BCUT2D eigenvalue weighted by Crippen LogP contribution is -2.33. The van der Waals surface area contributed by atoms with Gasteiger partial charge in [-0.05, 0) is 12.8 Å². The molecule has 3 N–H and O–H groups in total. The van der Waals surface area contributed by atoms with Crippen LogP contribution in [0.1, 0.15) is 25.5 Å². The zero-order valence-electron chi connectivity index (χ0n) is 7.84. The number of ether oxygens (including phenoxy) is 1. The first-order valence-corrected chi connectivity index (χ1v) is 4.60. The Bertz CT molecular complexity index is 289. The molecule has 2 heterocycles. The molecule has 1 unspecified atom stereocenters. The molecule has 1 aromatic rings. The second-order valence-electron chi connectivity index (χ2n) is 3.92. The van der Waals surface area contributed by atoms with Crippen LogP contribution in [0.4, 0.5) is 5.82 Å². The zero-order valence-corrected chi connectivity index (χ0v) is 7.84. The van der Waals surface area contributed by atoms with Gasteiger partial charge >= 0.3 is 0 Å². The number of nitrogens with zero attached hydrogens (tertiary/aromatic N) is 1. The molecule has 2 rings (SSSR count). The summed E-state index contributed by atoms with van der Waals surface area (Å²) in [5.41, 5.74) is 6.72. The minimum Gasteiger partial charge on any atom is -0.382 e. The molecule has 72 valence electrons. The Morgan fingerprint density at radius 2 is 2.54 bits per heavy atom. The summed E-state index contributed by atoms with van der Waals surface area (Å²) in [5, 5.41) is 6.89. The smallest absolute Gasteiger partial charge is 0.145 e. The largest absolute Gasteiger partial charge is 0.382 e.